The minimum Gasteiger partial charge on any atom is -0.273 e. The van der Waals surface area contributed by atoms with Gasteiger partial charge in [-0.1, -0.05) is 23.7 Å². The van der Waals surface area contributed by atoms with Crippen LogP contribution in [0.2, 0.25) is 5.02 Å². The van der Waals surface area contributed by atoms with Gasteiger partial charge in [0.25, 0.3) is 5.69 Å². The maximum Gasteiger partial charge on any atom is 0.288 e. The van der Waals surface area contributed by atoms with Crippen LogP contribution >= 0.6 is 22.9 Å². The molecule has 0 bridgehead atoms. The minimum atomic E-state index is -0.561. The molecule has 6 nitrogen and oxygen atoms in total. The lowest BCUT2D eigenvalue weighted by Crippen LogP contribution is -2.20. The Morgan fingerprint density at radius 2 is 2.23 bits per heavy atom. The molecule has 0 aliphatic rings. The van der Waals surface area contributed by atoms with Crippen LogP contribution in [0.4, 0.5) is 5.69 Å². The number of hydrogen-bond acceptors (Lipinski definition) is 5. The lowest BCUT2D eigenvalue weighted by molar-refractivity contribution is -0.384. The predicted octanol–water partition coefficient (Wildman–Crippen LogP) is 3.39. The molecule has 2 rings (SSSR count). The maximum absolute atomic E-state index is 11.7. The molecule has 1 aromatic carbocycles. The number of nitrogens with zero attached hydrogens (tertiary/aromatic N) is 2. The molecule has 1 amide bonds. The van der Waals surface area contributed by atoms with Gasteiger partial charge in [0, 0.05) is 16.5 Å². The van der Waals surface area contributed by atoms with Crippen LogP contribution in [0, 0.1) is 10.1 Å². The summed E-state index contributed by atoms with van der Waals surface area (Å²) in [6.45, 7) is 1.65. The topological polar surface area (TPSA) is 84.6 Å². The molecular weight excluding hydrogens is 326 g/mol. The maximum atomic E-state index is 11.7. The zero-order valence-corrected chi connectivity index (χ0v) is 13.1. The lowest BCUT2D eigenvalue weighted by Gasteiger charge is -2.03. The zero-order valence-electron chi connectivity index (χ0n) is 11.6. The van der Waals surface area contributed by atoms with Crippen LogP contribution in [0.5, 0.6) is 0 Å². The third-order valence-corrected chi connectivity index (χ3v) is 4.02. The summed E-state index contributed by atoms with van der Waals surface area (Å²) in [5.74, 6) is -0.245. The lowest BCUT2D eigenvalue weighted by atomic mass is 10.1. The Morgan fingerprint density at radius 3 is 2.86 bits per heavy atom. The molecule has 0 fully saturated rings. The van der Waals surface area contributed by atoms with Crippen molar-refractivity contribution >= 4 is 40.2 Å². The predicted molar refractivity (Wildman–Crippen MR) is 86.5 cm³/mol. The first kappa shape index (κ1) is 16.1. The molecule has 1 heterocycles. The monoisotopic (exact) mass is 337 g/mol. The first-order valence-electron chi connectivity index (χ1n) is 6.27. The molecule has 2 aromatic rings. The number of nitro groups is 1. The number of rotatable bonds is 5. The van der Waals surface area contributed by atoms with Gasteiger partial charge in [-0.15, -0.1) is 11.3 Å². The molecule has 114 valence electrons. The summed E-state index contributed by atoms with van der Waals surface area (Å²) in [6, 6.07) is 8.10. The average Bonchev–Trinajstić information content (AvgIpc) is 2.97. The van der Waals surface area contributed by atoms with Crippen molar-refractivity contribution < 1.29 is 9.72 Å². The third kappa shape index (κ3) is 4.12. The highest BCUT2D eigenvalue weighted by atomic mass is 35.5. The molecule has 0 radical (unpaired) electrons. The number of hydrogen-bond donors (Lipinski definition) is 1. The van der Waals surface area contributed by atoms with E-state index in [1.54, 1.807) is 13.0 Å². The molecule has 0 saturated carbocycles. The molecule has 8 heteroatoms. The molecule has 0 atom stereocenters. The van der Waals surface area contributed by atoms with E-state index < -0.39 is 4.92 Å². The van der Waals surface area contributed by atoms with Crippen molar-refractivity contribution in [3.63, 3.8) is 0 Å². The van der Waals surface area contributed by atoms with Crippen LogP contribution < -0.4 is 5.43 Å². The molecule has 0 unspecified atom stereocenters. The van der Waals surface area contributed by atoms with Crippen LogP contribution in [0.15, 0.2) is 40.8 Å². The van der Waals surface area contributed by atoms with Crippen LogP contribution in [0.25, 0.3) is 0 Å². The van der Waals surface area contributed by atoms with Gasteiger partial charge in [-0.2, -0.15) is 5.10 Å². The van der Waals surface area contributed by atoms with Gasteiger partial charge in [0.1, 0.15) is 5.02 Å². The Labute approximate surface area is 135 Å². The van der Waals surface area contributed by atoms with E-state index in [1.165, 1.54) is 23.5 Å². The van der Waals surface area contributed by atoms with E-state index in [0.29, 0.717) is 11.3 Å². The summed E-state index contributed by atoms with van der Waals surface area (Å²) in [4.78, 5) is 23.0. The highest BCUT2D eigenvalue weighted by Gasteiger charge is 2.14. The Kier molecular flexibility index (Phi) is 5.24. The molecule has 0 saturated heterocycles. The largest absolute Gasteiger partial charge is 0.288 e. The van der Waals surface area contributed by atoms with Crippen LogP contribution in [-0.4, -0.2) is 16.5 Å². The van der Waals surface area contributed by atoms with Crippen molar-refractivity contribution in [2.24, 2.45) is 5.10 Å². The zero-order chi connectivity index (χ0) is 16.1. The second kappa shape index (κ2) is 7.15. The van der Waals surface area contributed by atoms with Gasteiger partial charge in [-0.05, 0) is 24.4 Å². The molecule has 0 aliphatic carbocycles. The van der Waals surface area contributed by atoms with Crippen LogP contribution in [0.3, 0.4) is 0 Å². The van der Waals surface area contributed by atoms with E-state index in [-0.39, 0.29) is 23.0 Å². The van der Waals surface area contributed by atoms with Gasteiger partial charge in [0.05, 0.1) is 17.1 Å². The first-order chi connectivity index (χ1) is 10.5. The van der Waals surface area contributed by atoms with Gasteiger partial charge in [-0.25, -0.2) is 5.43 Å². The number of benzene rings is 1. The normalized spacial score (nSPS) is 11.3. The molecule has 1 aromatic heterocycles. The summed E-state index contributed by atoms with van der Waals surface area (Å²) in [6.07, 6.45) is 0.245. The second-order valence-corrected chi connectivity index (χ2v) is 5.85. The van der Waals surface area contributed by atoms with E-state index in [4.69, 9.17) is 11.6 Å². The summed E-state index contributed by atoms with van der Waals surface area (Å²) in [5, 5.41) is 16.8. The van der Waals surface area contributed by atoms with E-state index in [0.717, 1.165) is 4.88 Å². The highest BCUT2D eigenvalue weighted by Crippen LogP contribution is 2.25. The Bertz CT molecular complexity index is 729. The standard InChI is InChI=1S/C14H12ClN3O3S/c1-9(10-4-5-12(15)13(7-10)18(20)21)16-17-14(19)8-11-3-2-6-22-11/h2-7H,8H2,1H3,(H,17,19)/b16-9+. The van der Waals surface area contributed by atoms with Gasteiger partial charge >= 0.3 is 0 Å². The summed E-state index contributed by atoms with van der Waals surface area (Å²) in [7, 11) is 0. The second-order valence-electron chi connectivity index (χ2n) is 4.41. The smallest absolute Gasteiger partial charge is 0.273 e. The highest BCUT2D eigenvalue weighted by molar-refractivity contribution is 7.10. The minimum absolute atomic E-state index is 0.0586. The number of halogens is 1. The Morgan fingerprint density at radius 1 is 1.45 bits per heavy atom. The number of nitrogens with one attached hydrogen (secondary N) is 1. The quantitative estimate of drug-likeness (QED) is 0.515. The number of nitro benzene ring substituents is 1. The van der Waals surface area contributed by atoms with Gasteiger partial charge in [-0.3, -0.25) is 14.9 Å². The van der Waals surface area contributed by atoms with E-state index in [9.17, 15) is 14.9 Å². The van der Waals surface area contributed by atoms with Crippen molar-refractivity contribution in [2.45, 2.75) is 13.3 Å². The van der Waals surface area contributed by atoms with Crippen molar-refractivity contribution in [2.75, 3.05) is 0 Å². The molecule has 22 heavy (non-hydrogen) atoms. The van der Waals surface area contributed by atoms with Gasteiger partial charge in [0.15, 0.2) is 0 Å². The fourth-order valence-corrected chi connectivity index (χ4v) is 2.59. The van der Waals surface area contributed by atoms with E-state index in [2.05, 4.69) is 10.5 Å². The Hall–Kier alpha value is -2.25. The van der Waals surface area contributed by atoms with E-state index in [1.807, 2.05) is 17.5 Å². The summed E-state index contributed by atoms with van der Waals surface area (Å²) in [5.41, 5.74) is 3.22. The molecule has 0 aliphatic heterocycles. The first-order valence-corrected chi connectivity index (χ1v) is 7.53. The number of carbonyl (C=O) groups is 1. The van der Waals surface area contributed by atoms with Gasteiger partial charge in [0.2, 0.25) is 5.91 Å². The van der Waals surface area contributed by atoms with Gasteiger partial charge < -0.3 is 0 Å². The number of carbonyl (C=O) groups excluding carboxylic acids is 1. The van der Waals surface area contributed by atoms with Crippen LogP contribution in [-0.2, 0) is 11.2 Å². The van der Waals surface area contributed by atoms with Crippen LogP contribution in [0.1, 0.15) is 17.4 Å². The van der Waals surface area contributed by atoms with Crippen molar-refractivity contribution in [1.29, 1.82) is 0 Å². The number of amides is 1. The number of hydrazone groups is 1. The fourth-order valence-electron chi connectivity index (χ4n) is 1.70. The molecule has 1 N–H and O–H groups in total. The van der Waals surface area contributed by atoms with Crippen molar-refractivity contribution in [1.82, 2.24) is 5.43 Å². The van der Waals surface area contributed by atoms with E-state index >= 15 is 0 Å². The summed E-state index contributed by atoms with van der Waals surface area (Å²) >= 11 is 7.24. The van der Waals surface area contributed by atoms with Crippen molar-refractivity contribution in [3.05, 3.63) is 61.3 Å². The average molecular weight is 338 g/mol. The molecule has 0 spiro atoms. The summed E-state index contributed by atoms with van der Waals surface area (Å²) < 4.78 is 0. The Balaban J connectivity index is 2.07. The molecular formula is C14H12ClN3O3S. The van der Waals surface area contributed by atoms with Crippen molar-refractivity contribution in [3.8, 4) is 0 Å². The third-order valence-electron chi connectivity index (χ3n) is 2.82. The number of thiophene rings is 1. The fraction of sp³-hybridized carbons (Fsp3) is 0.143. The SMILES string of the molecule is C/C(=N\NC(=O)Cc1cccs1)c1ccc(Cl)c([N+](=O)[O-])c1.